The van der Waals surface area contributed by atoms with Gasteiger partial charge in [0.05, 0.1) is 0 Å². The number of esters is 1. The molecule has 3 aromatic carbocycles. The summed E-state index contributed by atoms with van der Waals surface area (Å²) in [5.74, 6) is -2.62. The maximum absolute atomic E-state index is 13.5. The fourth-order valence-corrected chi connectivity index (χ4v) is 4.39. The molecule has 0 bridgehead atoms. The number of aromatic hydroxyl groups is 3. The lowest BCUT2D eigenvalue weighted by atomic mass is 9.99. The van der Waals surface area contributed by atoms with Crippen LogP contribution in [0, 0.1) is 0 Å². The minimum absolute atomic E-state index is 0.0845. The highest BCUT2D eigenvalue weighted by molar-refractivity contribution is 5.88. The Bertz CT molecular complexity index is 1660. The second-order valence-electron chi connectivity index (χ2n) is 9.48. The van der Waals surface area contributed by atoms with E-state index in [4.69, 9.17) is 18.6 Å². The molecule has 1 aliphatic rings. The van der Waals surface area contributed by atoms with E-state index < -0.39 is 60.2 Å². The molecule has 5 atom stereocenters. The molecule has 5 rings (SSSR count). The van der Waals surface area contributed by atoms with Crippen LogP contribution in [0.25, 0.3) is 28.4 Å². The zero-order valence-electron chi connectivity index (χ0n) is 21.7. The van der Waals surface area contributed by atoms with Gasteiger partial charge in [-0.15, -0.1) is 0 Å². The molecule has 42 heavy (non-hydrogen) atoms. The largest absolute Gasteiger partial charge is 0.508 e. The molecule has 0 amide bonds. The van der Waals surface area contributed by atoms with Gasteiger partial charge in [0.15, 0.2) is 5.76 Å². The predicted octanol–water partition coefficient (Wildman–Crippen LogP) is 2.02. The first kappa shape index (κ1) is 28.6. The molecule has 1 saturated heterocycles. The van der Waals surface area contributed by atoms with Crippen LogP contribution in [0.3, 0.4) is 0 Å². The Morgan fingerprint density at radius 3 is 2.31 bits per heavy atom. The normalized spacial score (nSPS) is 22.3. The fourth-order valence-electron chi connectivity index (χ4n) is 4.39. The van der Waals surface area contributed by atoms with Gasteiger partial charge in [-0.3, -0.25) is 4.79 Å². The number of hydrogen-bond acceptors (Lipinski definition) is 12. The Labute approximate surface area is 237 Å². The number of fused-ring (bicyclic) bond motifs is 1. The number of phenols is 3. The highest BCUT2D eigenvalue weighted by Gasteiger charge is 2.46. The summed E-state index contributed by atoms with van der Waals surface area (Å²) in [5, 5.41) is 61.2. The number of benzene rings is 3. The maximum atomic E-state index is 13.5. The van der Waals surface area contributed by atoms with Crippen LogP contribution in [-0.2, 0) is 14.3 Å². The van der Waals surface area contributed by atoms with Crippen molar-refractivity contribution in [2.45, 2.75) is 30.7 Å². The van der Waals surface area contributed by atoms with Crippen molar-refractivity contribution < 1.29 is 54.1 Å². The first-order valence-electron chi connectivity index (χ1n) is 12.7. The summed E-state index contributed by atoms with van der Waals surface area (Å²) in [6.07, 6.45) is -5.87. The molecule has 12 nitrogen and oxygen atoms in total. The number of aliphatic hydroxyl groups is 3. The molecule has 6 N–H and O–H groups in total. The summed E-state index contributed by atoms with van der Waals surface area (Å²) >= 11 is 0. The molecular weight excluding hydrogens is 552 g/mol. The molecule has 2 heterocycles. The van der Waals surface area contributed by atoms with E-state index in [1.54, 1.807) is 24.3 Å². The second-order valence-corrected chi connectivity index (χ2v) is 9.48. The summed E-state index contributed by atoms with van der Waals surface area (Å²) in [6.45, 7) is -0.542. The van der Waals surface area contributed by atoms with Crippen molar-refractivity contribution in [1.82, 2.24) is 0 Å². The van der Waals surface area contributed by atoms with Crippen molar-refractivity contribution in [2.75, 3.05) is 6.61 Å². The lowest BCUT2D eigenvalue weighted by Crippen LogP contribution is -2.60. The molecular formula is C30H26O12. The third-order valence-electron chi connectivity index (χ3n) is 6.55. The number of carbonyl (C=O) groups excluding carboxylic acids is 1. The third-order valence-corrected chi connectivity index (χ3v) is 6.55. The number of phenolic OH excluding ortho intramolecular Hbond substituents is 3. The van der Waals surface area contributed by atoms with Crippen molar-refractivity contribution in [1.29, 1.82) is 0 Å². The van der Waals surface area contributed by atoms with Crippen LogP contribution < -0.4 is 10.2 Å². The van der Waals surface area contributed by atoms with E-state index >= 15 is 0 Å². The van der Waals surface area contributed by atoms with Crippen molar-refractivity contribution in [3.05, 3.63) is 88.6 Å². The standard InChI is InChI=1S/C30H26O12/c31-17-9-7-16(8-10-17)28-29(25(36)23-19(33)12-18(32)13-20(23)40-28)42-30-27(38)26(37)24(35)21(41-30)14-39-22(34)11-6-15-4-2-1-3-5-15/h1-13,21,24,26-27,30-33,35,37-38H,14H2/b11-6-/t21-,24-,26+,27-,30+/m1/s1. The molecule has 0 spiro atoms. The highest BCUT2D eigenvalue weighted by Crippen LogP contribution is 2.37. The number of carbonyl (C=O) groups is 1. The average molecular weight is 579 g/mol. The van der Waals surface area contributed by atoms with Gasteiger partial charge >= 0.3 is 5.97 Å². The lowest BCUT2D eigenvalue weighted by molar-refractivity contribution is -0.278. The summed E-state index contributed by atoms with van der Waals surface area (Å²) in [7, 11) is 0. The van der Waals surface area contributed by atoms with Gasteiger partial charge < -0.3 is 49.3 Å². The number of ether oxygens (including phenoxy) is 3. The predicted molar refractivity (Wildman–Crippen MR) is 147 cm³/mol. The Kier molecular flexibility index (Phi) is 8.13. The van der Waals surface area contributed by atoms with Gasteiger partial charge in [-0.05, 0) is 35.9 Å². The molecule has 12 heteroatoms. The summed E-state index contributed by atoms with van der Waals surface area (Å²) in [5.41, 5.74) is -0.134. The Morgan fingerprint density at radius 1 is 0.881 bits per heavy atom. The van der Waals surface area contributed by atoms with Crippen LogP contribution in [-0.4, -0.2) is 73.9 Å². The van der Waals surface area contributed by atoms with E-state index in [0.29, 0.717) is 0 Å². The van der Waals surface area contributed by atoms with Crippen molar-refractivity contribution in [3.63, 3.8) is 0 Å². The smallest absolute Gasteiger partial charge is 0.330 e. The maximum Gasteiger partial charge on any atom is 0.330 e. The molecule has 218 valence electrons. The zero-order valence-corrected chi connectivity index (χ0v) is 21.7. The van der Waals surface area contributed by atoms with Gasteiger partial charge in [0.2, 0.25) is 17.5 Å². The Balaban J connectivity index is 1.43. The summed E-state index contributed by atoms with van der Waals surface area (Å²) < 4.78 is 22.3. The fraction of sp³-hybridized carbons (Fsp3) is 0.200. The molecule has 0 unspecified atom stereocenters. The zero-order chi connectivity index (χ0) is 30.0. The van der Waals surface area contributed by atoms with Crippen LogP contribution in [0.15, 0.2) is 82.0 Å². The SMILES string of the molecule is O=C(/C=C\c1ccccc1)OC[C@H]1O[C@@H](Oc2c(-c3ccc(O)cc3)oc3cc(O)cc(O)c3c2=O)[C@H](O)[C@@H](O)[C@@H]1O. The number of hydrogen-bond donors (Lipinski definition) is 6. The van der Waals surface area contributed by atoms with Crippen molar-refractivity contribution in [3.8, 4) is 34.3 Å². The van der Waals surface area contributed by atoms with Gasteiger partial charge in [-0.1, -0.05) is 30.3 Å². The first-order chi connectivity index (χ1) is 20.1. The molecule has 0 saturated carbocycles. The van der Waals surface area contributed by atoms with E-state index in [1.165, 1.54) is 30.3 Å². The van der Waals surface area contributed by atoms with E-state index in [1.807, 2.05) is 6.07 Å². The van der Waals surface area contributed by atoms with Gasteiger partial charge in [-0.25, -0.2) is 4.79 Å². The Hall–Kier alpha value is -4.88. The van der Waals surface area contributed by atoms with Gasteiger partial charge in [0, 0.05) is 23.8 Å². The number of aliphatic hydroxyl groups excluding tert-OH is 3. The third kappa shape index (κ3) is 5.92. The van der Waals surface area contributed by atoms with Crippen molar-refractivity contribution in [2.24, 2.45) is 0 Å². The molecule has 4 aromatic rings. The second kappa shape index (κ2) is 11.9. The molecule has 1 fully saturated rings. The van der Waals surface area contributed by atoms with Crippen LogP contribution in [0.4, 0.5) is 0 Å². The molecule has 1 aromatic heterocycles. The summed E-state index contributed by atoms with van der Waals surface area (Å²) in [6, 6.07) is 16.4. The first-order valence-corrected chi connectivity index (χ1v) is 12.7. The highest BCUT2D eigenvalue weighted by atomic mass is 16.7. The van der Waals surface area contributed by atoms with E-state index in [2.05, 4.69) is 0 Å². The quantitative estimate of drug-likeness (QED) is 0.138. The monoisotopic (exact) mass is 578 g/mol. The van der Waals surface area contributed by atoms with Crippen LogP contribution >= 0.6 is 0 Å². The van der Waals surface area contributed by atoms with Crippen LogP contribution in [0.5, 0.6) is 23.0 Å². The van der Waals surface area contributed by atoms with Crippen LogP contribution in [0.2, 0.25) is 0 Å². The lowest BCUT2D eigenvalue weighted by Gasteiger charge is -2.39. The molecule has 0 aliphatic carbocycles. The van der Waals surface area contributed by atoms with Gasteiger partial charge in [-0.2, -0.15) is 0 Å². The summed E-state index contributed by atoms with van der Waals surface area (Å²) in [4.78, 5) is 25.8. The minimum Gasteiger partial charge on any atom is -0.508 e. The van der Waals surface area contributed by atoms with E-state index in [9.17, 15) is 40.2 Å². The van der Waals surface area contributed by atoms with Crippen LogP contribution in [0.1, 0.15) is 5.56 Å². The minimum atomic E-state index is -1.87. The van der Waals surface area contributed by atoms with E-state index in [0.717, 1.165) is 23.8 Å². The molecule has 1 aliphatic heterocycles. The Morgan fingerprint density at radius 2 is 1.60 bits per heavy atom. The topological polar surface area (TPSA) is 196 Å². The number of rotatable bonds is 7. The van der Waals surface area contributed by atoms with E-state index in [-0.39, 0.29) is 33.8 Å². The van der Waals surface area contributed by atoms with Crippen molar-refractivity contribution >= 4 is 23.0 Å². The van der Waals surface area contributed by atoms with Gasteiger partial charge in [0.25, 0.3) is 0 Å². The van der Waals surface area contributed by atoms with Gasteiger partial charge in [0.1, 0.15) is 59.2 Å². The molecule has 0 radical (unpaired) electrons. The average Bonchev–Trinajstić information content (AvgIpc) is 2.97.